The molecule has 0 aliphatic carbocycles. The number of rotatable bonds is 5. The number of aromatic nitrogens is 3. The number of ketones is 1. The van der Waals surface area contributed by atoms with Gasteiger partial charge in [-0.15, -0.1) is 10.2 Å². The van der Waals surface area contributed by atoms with Crippen molar-refractivity contribution in [1.29, 1.82) is 0 Å². The molecule has 0 saturated carbocycles. The van der Waals surface area contributed by atoms with Gasteiger partial charge in [0.1, 0.15) is 0 Å². The van der Waals surface area contributed by atoms with E-state index in [1.165, 1.54) is 16.4 Å². The molecule has 1 aromatic heterocycles. The molecule has 9 heteroatoms. The highest BCUT2D eigenvalue weighted by molar-refractivity contribution is 9.10. The van der Waals surface area contributed by atoms with Gasteiger partial charge in [0.05, 0.1) is 5.75 Å². The van der Waals surface area contributed by atoms with Crippen LogP contribution in [0.25, 0.3) is 11.4 Å². The number of nitrogens with two attached hydrogens (primary N) is 1. The number of carbonyl (C=O) groups is 1. The molecule has 2 N–H and O–H groups in total. The molecule has 132 valence electrons. The average Bonchev–Trinajstić information content (AvgIpc) is 3.26. The highest BCUT2D eigenvalue weighted by Crippen LogP contribution is 2.33. The fourth-order valence-electron chi connectivity index (χ4n) is 2.45. The van der Waals surface area contributed by atoms with Crippen LogP contribution in [0.5, 0.6) is 11.5 Å². The van der Waals surface area contributed by atoms with Gasteiger partial charge in [-0.2, -0.15) is 0 Å². The van der Waals surface area contributed by atoms with Crippen molar-refractivity contribution in [1.82, 2.24) is 14.9 Å². The fraction of sp³-hybridized carbons (Fsp3) is 0.118. The van der Waals surface area contributed by atoms with Crippen molar-refractivity contribution in [3.05, 3.63) is 52.5 Å². The summed E-state index contributed by atoms with van der Waals surface area (Å²) >= 11 is 4.63. The number of ether oxygens (including phenoxy) is 2. The van der Waals surface area contributed by atoms with Gasteiger partial charge in [-0.25, -0.2) is 4.68 Å². The summed E-state index contributed by atoms with van der Waals surface area (Å²) in [6.07, 6.45) is 0. The Hall–Kier alpha value is -2.52. The molecule has 0 unspecified atom stereocenters. The second kappa shape index (κ2) is 7.00. The summed E-state index contributed by atoms with van der Waals surface area (Å²) in [5.41, 5.74) is 1.40. The number of hydrogen-bond donors (Lipinski definition) is 1. The maximum Gasteiger partial charge on any atom is 0.231 e. The number of halogens is 1. The molecule has 0 saturated heterocycles. The lowest BCUT2D eigenvalue weighted by atomic mass is 10.1. The first-order valence-electron chi connectivity index (χ1n) is 7.64. The minimum atomic E-state index is -0.0542. The summed E-state index contributed by atoms with van der Waals surface area (Å²) in [7, 11) is 0. The Morgan fingerprint density at radius 1 is 1.15 bits per heavy atom. The van der Waals surface area contributed by atoms with Crippen molar-refractivity contribution in [2.24, 2.45) is 0 Å². The molecule has 4 rings (SSSR count). The second-order valence-electron chi connectivity index (χ2n) is 5.46. The first-order chi connectivity index (χ1) is 12.6. The second-order valence-corrected chi connectivity index (χ2v) is 7.32. The van der Waals surface area contributed by atoms with Gasteiger partial charge in [0.15, 0.2) is 23.1 Å². The SMILES string of the molecule is Nn1c(SCC(=O)c2ccc3c(c2)OCO3)nnc1-c1ccc(Br)cc1. The third kappa shape index (κ3) is 3.27. The van der Waals surface area contributed by atoms with Gasteiger partial charge in [-0.05, 0) is 30.3 Å². The van der Waals surface area contributed by atoms with Gasteiger partial charge in [-0.1, -0.05) is 39.8 Å². The highest BCUT2D eigenvalue weighted by atomic mass is 79.9. The zero-order chi connectivity index (χ0) is 18.1. The smallest absolute Gasteiger partial charge is 0.231 e. The third-order valence-corrected chi connectivity index (χ3v) is 5.27. The van der Waals surface area contributed by atoms with Gasteiger partial charge in [-0.3, -0.25) is 4.79 Å². The lowest BCUT2D eigenvalue weighted by Crippen LogP contribution is -2.12. The van der Waals surface area contributed by atoms with Crippen molar-refractivity contribution in [3.63, 3.8) is 0 Å². The first kappa shape index (κ1) is 16.9. The molecule has 2 heterocycles. The van der Waals surface area contributed by atoms with E-state index in [4.69, 9.17) is 15.3 Å². The van der Waals surface area contributed by atoms with Gasteiger partial charge in [0.25, 0.3) is 0 Å². The van der Waals surface area contributed by atoms with Crippen LogP contribution in [0.15, 0.2) is 52.1 Å². The van der Waals surface area contributed by atoms with Gasteiger partial charge >= 0.3 is 0 Å². The normalized spacial score (nSPS) is 12.3. The minimum absolute atomic E-state index is 0.0542. The molecule has 26 heavy (non-hydrogen) atoms. The average molecular weight is 433 g/mol. The standard InChI is InChI=1S/C17H13BrN4O3S/c18-12-4-1-10(2-5-12)16-20-21-17(22(16)19)26-8-13(23)11-3-6-14-15(7-11)25-9-24-14/h1-7H,8-9,19H2. The summed E-state index contributed by atoms with van der Waals surface area (Å²) in [5.74, 6) is 7.99. The summed E-state index contributed by atoms with van der Waals surface area (Å²) in [4.78, 5) is 12.4. The molecule has 0 radical (unpaired) electrons. The van der Waals surface area contributed by atoms with Crippen LogP contribution in [0.2, 0.25) is 0 Å². The number of Topliss-reactive ketones (excluding diaryl/α,β-unsaturated/α-hetero) is 1. The lowest BCUT2D eigenvalue weighted by Gasteiger charge is -2.04. The van der Waals surface area contributed by atoms with Gasteiger partial charge in [0, 0.05) is 15.6 Å². The van der Waals surface area contributed by atoms with Crippen LogP contribution < -0.4 is 15.3 Å². The van der Waals surface area contributed by atoms with Gasteiger partial charge in [0.2, 0.25) is 11.9 Å². The number of hydrogen-bond acceptors (Lipinski definition) is 7. The quantitative estimate of drug-likeness (QED) is 0.376. The number of fused-ring (bicyclic) bond motifs is 1. The molecule has 0 atom stereocenters. The maximum atomic E-state index is 12.4. The van der Waals surface area contributed by atoms with Crippen molar-refractivity contribution >= 4 is 33.5 Å². The maximum absolute atomic E-state index is 12.4. The zero-order valence-corrected chi connectivity index (χ0v) is 15.8. The Morgan fingerprint density at radius 2 is 1.92 bits per heavy atom. The van der Waals surface area contributed by atoms with E-state index < -0.39 is 0 Å². The molecule has 0 spiro atoms. The van der Waals surface area contributed by atoms with E-state index >= 15 is 0 Å². The molecule has 0 fully saturated rings. The number of benzene rings is 2. The van der Waals surface area contributed by atoms with E-state index in [0.29, 0.717) is 28.0 Å². The monoisotopic (exact) mass is 432 g/mol. The summed E-state index contributed by atoms with van der Waals surface area (Å²) in [6.45, 7) is 0.177. The minimum Gasteiger partial charge on any atom is -0.454 e. The number of nitrogen functional groups attached to an aromatic ring is 1. The molecule has 7 nitrogen and oxygen atoms in total. The highest BCUT2D eigenvalue weighted by Gasteiger charge is 2.18. The van der Waals surface area contributed by atoms with Crippen LogP contribution in [0.3, 0.4) is 0 Å². The van der Waals surface area contributed by atoms with Crippen LogP contribution in [0.4, 0.5) is 0 Å². The first-order valence-corrected chi connectivity index (χ1v) is 9.42. The Labute approximate surface area is 161 Å². The van der Waals surface area contributed by atoms with Crippen molar-refractivity contribution in [3.8, 4) is 22.9 Å². The number of nitrogens with zero attached hydrogens (tertiary/aromatic N) is 3. The molecular formula is C17H13BrN4O3S. The predicted octanol–water partition coefficient (Wildman–Crippen LogP) is 3.13. The van der Waals surface area contributed by atoms with Crippen LogP contribution in [0, 0.1) is 0 Å². The molecule has 0 amide bonds. The Morgan fingerprint density at radius 3 is 2.73 bits per heavy atom. The Kier molecular flexibility index (Phi) is 4.56. The van der Waals surface area contributed by atoms with E-state index in [0.717, 1.165) is 10.0 Å². The van der Waals surface area contributed by atoms with E-state index in [1.807, 2.05) is 24.3 Å². The Bertz CT molecular complexity index is 975. The topological polar surface area (TPSA) is 92.3 Å². The molecule has 2 aromatic carbocycles. The van der Waals surface area contributed by atoms with Crippen molar-refractivity contribution < 1.29 is 14.3 Å². The molecule has 1 aliphatic rings. The van der Waals surface area contributed by atoms with Crippen LogP contribution >= 0.6 is 27.7 Å². The van der Waals surface area contributed by atoms with Crippen molar-refractivity contribution in [2.45, 2.75) is 5.16 Å². The van der Waals surface area contributed by atoms with E-state index in [1.54, 1.807) is 18.2 Å². The molecule has 1 aliphatic heterocycles. The predicted molar refractivity (Wildman–Crippen MR) is 101 cm³/mol. The summed E-state index contributed by atoms with van der Waals surface area (Å²) < 4.78 is 12.9. The summed E-state index contributed by atoms with van der Waals surface area (Å²) in [6, 6.07) is 12.7. The lowest BCUT2D eigenvalue weighted by molar-refractivity contribution is 0.102. The number of thioether (sulfide) groups is 1. The van der Waals surface area contributed by atoms with E-state index in [9.17, 15) is 4.79 Å². The fourth-order valence-corrected chi connectivity index (χ4v) is 3.47. The van der Waals surface area contributed by atoms with E-state index in [2.05, 4.69) is 26.1 Å². The zero-order valence-electron chi connectivity index (χ0n) is 13.4. The molecular weight excluding hydrogens is 420 g/mol. The van der Waals surface area contributed by atoms with Gasteiger partial charge < -0.3 is 15.3 Å². The van der Waals surface area contributed by atoms with E-state index in [-0.39, 0.29) is 18.3 Å². The third-order valence-electron chi connectivity index (χ3n) is 3.79. The summed E-state index contributed by atoms with van der Waals surface area (Å²) in [5, 5.41) is 8.67. The van der Waals surface area contributed by atoms with Crippen LogP contribution in [0.1, 0.15) is 10.4 Å². The molecule has 0 bridgehead atoms. The van der Waals surface area contributed by atoms with Crippen LogP contribution in [-0.4, -0.2) is 33.2 Å². The molecule has 3 aromatic rings. The van der Waals surface area contributed by atoms with Crippen LogP contribution in [-0.2, 0) is 0 Å². The number of carbonyl (C=O) groups excluding carboxylic acids is 1. The van der Waals surface area contributed by atoms with Crippen molar-refractivity contribution in [2.75, 3.05) is 18.4 Å². The Balaban J connectivity index is 1.46. The largest absolute Gasteiger partial charge is 0.454 e.